The summed E-state index contributed by atoms with van der Waals surface area (Å²) in [5.41, 5.74) is 3.89. The minimum atomic E-state index is -0.811. The van der Waals surface area contributed by atoms with Crippen molar-refractivity contribution in [2.45, 2.75) is 32.6 Å². The van der Waals surface area contributed by atoms with E-state index in [4.69, 9.17) is 5.11 Å². The maximum absolute atomic E-state index is 10.7. The number of phenols is 1. The Labute approximate surface area is 124 Å². The lowest BCUT2D eigenvalue weighted by Gasteiger charge is -2.09. The molecule has 110 valence electrons. The van der Waals surface area contributed by atoms with Gasteiger partial charge in [-0.25, -0.2) is 0 Å². The highest BCUT2D eigenvalue weighted by Crippen LogP contribution is 2.31. The van der Waals surface area contributed by atoms with Crippen molar-refractivity contribution in [3.05, 3.63) is 53.6 Å². The zero-order valence-corrected chi connectivity index (χ0v) is 12.2. The summed E-state index contributed by atoms with van der Waals surface area (Å²) >= 11 is 0. The Balaban J connectivity index is 2.31. The first-order valence-electron chi connectivity index (χ1n) is 7.23. The molecule has 0 saturated carbocycles. The van der Waals surface area contributed by atoms with Gasteiger partial charge in [-0.2, -0.15) is 0 Å². The highest BCUT2D eigenvalue weighted by molar-refractivity contribution is 5.72. The molecule has 3 nitrogen and oxygen atoms in total. The van der Waals surface area contributed by atoms with E-state index in [2.05, 4.69) is 19.1 Å². The molecule has 2 rings (SSSR count). The van der Waals surface area contributed by atoms with Crippen LogP contribution in [-0.2, 0) is 17.6 Å². The van der Waals surface area contributed by atoms with E-state index in [9.17, 15) is 9.90 Å². The minimum Gasteiger partial charge on any atom is -0.507 e. The van der Waals surface area contributed by atoms with E-state index < -0.39 is 5.97 Å². The average Bonchev–Trinajstić information content (AvgIpc) is 2.47. The first kappa shape index (κ1) is 15.1. The molecule has 0 amide bonds. The number of carboxylic acid groups (broad SMARTS) is 1. The summed E-state index contributed by atoms with van der Waals surface area (Å²) in [6, 6.07) is 13.4. The summed E-state index contributed by atoms with van der Waals surface area (Å²) in [5.74, 6) is -0.586. The normalized spacial score (nSPS) is 10.5. The number of hydrogen-bond acceptors (Lipinski definition) is 2. The number of carboxylic acids is 1. The highest BCUT2D eigenvalue weighted by Gasteiger charge is 2.07. The smallest absolute Gasteiger partial charge is 0.303 e. The maximum atomic E-state index is 10.7. The fraction of sp³-hybridized carbons (Fsp3) is 0.278. The molecule has 0 spiro atoms. The molecule has 0 saturated heterocycles. The van der Waals surface area contributed by atoms with Gasteiger partial charge in [-0.05, 0) is 41.7 Å². The van der Waals surface area contributed by atoms with Gasteiger partial charge in [0.05, 0.1) is 0 Å². The molecule has 0 aliphatic rings. The molecule has 0 heterocycles. The standard InChI is InChI=1S/C18H20O3/c1-2-4-13-5-3-6-15(11-13)16-12-14(7-9-17(16)19)8-10-18(20)21/h3,5-7,9,11-12,19H,2,4,8,10H2,1H3,(H,20,21). The number of aryl methyl sites for hydroxylation is 2. The van der Waals surface area contributed by atoms with Gasteiger partial charge < -0.3 is 10.2 Å². The molecular formula is C18H20O3. The molecule has 0 fully saturated rings. The fourth-order valence-corrected chi connectivity index (χ4v) is 2.40. The second-order valence-electron chi connectivity index (χ2n) is 5.20. The van der Waals surface area contributed by atoms with Crippen molar-refractivity contribution in [2.75, 3.05) is 0 Å². The maximum Gasteiger partial charge on any atom is 0.303 e. The summed E-state index contributed by atoms with van der Waals surface area (Å²) < 4.78 is 0. The Hall–Kier alpha value is -2.29. The van der Waals surface area contributed by atoms with Gasteiger partial charge in [0.2, 0.25) is 0 Å². The van der Waals surface area contributed by atoms with Gasteiger partial charge in [-0.3, -0.25) is 4.79 Å². The Morgan fingerprint density at radius 2 is 1.81 bits per heavy atom. The number of benzene rings is 2. The van der Waals surface area contributed by atoms with Gasteiger partial charge in [-0.1, -0.05) is 43.7 Å². The Kier molecular flexibility index (Phi) is 4.99. The van der Waals surface area contributed by atoms with E-state index in [0.717, 1.165) is 29.5 Å². The van der Waals surface area contributed by atoms with Crippen LogP contribution >= 0.6 is 0 Å². The molecule has 21 heavy (non-hydrogen) atoms. The number of aromatic hydroxyl groups is 1. The van der Waals surface area contributed by atoms with Crippen LogP contribution in [-0.4, -0.2) is 16.2 Å². The molecule has 2 aromatic rings. The topological polar surface area (TPSA) is 57.5 Å². The third-order valence-electron chi connectivity index (χ3n) is 3.47. The Morgan fingerprint density at radius 1 is 1.05 bits per heavy atom. The Morgan fingerprint density at radius 3 is 2.52 bits per heavy atom. The van der Waals surface area contributed by atoms with E-state index in [1.807, 2.05) is 18.2 Å². The van der Waals surface area contributed by atoms with Crippen molar-refractivity contribution >= 4 is 5.97 Å². The summed E-state index contributed by atoms with van der Waals surface area (Å²) in [4.78, 5) is 10.7. The van der Waals surface area contributed by atoms with Gasteiger partial charge in [0.15, 0.2) is 0 Å². The van der Waals surface area contributed by atoms with Gasteiger partial charge in [0.25, 0.3) is 0 Å². The van der Waals surface area contributed by atoms with Crippen LogP contribution in [0.3, 0.4) is 0 Å². The monoisotopic (exact) mass is 284 g/mol. The molecule has 2 aromatic carbocycles. The van der Waals surface area contributed by atoms with Crippen LogP contribution in [0.4, 0.5) is 0 Å². The first-order chi connectivity index (χ1) is 10.1. The van der Waals surface area contributed by atoms with Gasteiger partial charge in [0.1, 0.15) is 5.75 Å². The second-order valence-corrected chi connectivity index (χ2v) is 5.20. The van der Waals surface area contributed by atoms with Crippen LogP contribution in [0.25, 0.3) is 11.1 Å². The lowest BCUT2D eigenvalue weighted by molar-refractivity contribution is -0.136. The average molecular weight is 284 g/mol. The molecule has 0 bridgehead atoms. The first-order valence-corrected chi connectivity index (χ1v) is 7.23. The number of carbonyl (C=O) groups is 1. The van der Waals surface area contributed by atoms with Crippen LogP contribution in [0.1, 0.15) is 30.9 Å². The fourth-order valence-electron chi connectivity index (χ4n) is 2.40. The van der Waals surface area contributed by atoms with Crippen molar-refractivity contribution in [3.63, 3.8) is 0 Å². The quantitative estimate of drug-likeness (QED) is 0.842. The summed E-state index contributed by atoms with van der Waals surface area (Å²) in [6.45, 7) is 2.14. The molecule has 0 atom stereocenters. The SMILES string of the molecule is CCCc1cccc(-c2cc(CCC(=O)O)ccc2O)c1. The number of aliphatic carboxylic acids is 1. The minimum absolute atomic E-state index is 0.0973. The van der Waals surface area contributed by atoms with Crippen molar-refractivity contribution < 1.29 is 15.0 Å². The van der Waals surface area contributed by atoms with E-state index in [1.165, 1.54) is 5.56 Å². The Bertz CT molecular complexity index is 632. The highest BCUT2D eigenvalue weighted by atomic mass is 16.4. The second kappa shape index (κ2) is 6.93. The molecule has 0 unspecified atom stereocenters. The third kappa shape index (κ3) is 4.09. The third-order valence-corrected chi connectivity index (χ3v) is 3.47. The molecule has 0 aliphatic heterocycles. The van der Waals surface area contributed by atoms with E-state index in [-0.39, 0.29) is 12.2 Å². The van der Waals surface area contributed by atoms with Crippen molar-refractivity contribution in [1.29, 1.82) is 0 Å². The predicted octanol–water partition coefficient (Wildman–Crippen LogP) is 4.03. The van der Waals surface area contributed by atoms with E-state index in [0.29, 0.717) is 6.42 Å². The zero-order chi connectivity index (χ0) is 15.2. The lowest BCUT2D eigenvalue weighted by atomic mass is 9.97. The van der Waals surface area contributed by atoms with Crippen LogP contribution < -0.4 is 0 Å². The van der Waals surface area contributed by atoms with E-state index >= 15 is 0 Å². The molecule has 3 heteroatoms. The van der Waals surface area contributed by atoms with Gasteiger partial charge >= 0.3 is 5.97 Å². The molecule has 0 aliphatic carbocycles. The van der Waals surface area contributed by atoms with Gasteiger partial charge in [-0.15, -0.1) is 0 Å². The van der Waals surface area contributed by atoms with Crippen molar-refractivity contribution in [3.8, 4) is 16.9 Å². The summed E-state index contributed by atoms with van der Waals surface area (Å²) in [6.07, 6.45) is 2.65. The molecule has 2 N–H and O–H groups in total. The van der Waals surface area contributed by atoms with Crippen LogP contribution in [0.15, 0.2) is 42.5 Å². The molecule has 0 aromatic heterocycles. The van der Waals surface area contributed by atoms with E-state index in [1.54, 1.807) is 12.1 Å². The van der Waals surface area contributed by atoms with Crippen LogP contribution in [0.5, 0.6) is 5.75 Å². The summed E-state index contributed by atoms with van der Waals surface area (Å²) in [7, 11) is 0. The number of hydrogen-bond donors (Lipinski definition) is 2. The van der Waals surface area contributed by atoms with Crippen LogP contribution in [0.2, 0.25) is 0 Å². The van der Waals surface area contributed by atoms with Crippen molar-refractivity contribution in [1.82, 2.24) is 0 Å². The molecular weight excluding hydrogens is 264 g/mol. The zero-order valence-electron chi connectivity index (χ0n) is 12.2. The number of rotatable bonds is 6. The molecule has 0 radical (unpaired) electrons. The van der Waals surface area contributed by atoms with Gasteiger partial charge in [0, 0.05) is 12.0 Å². The summed E-state index contributed by atoms with van der Waals surface area (Å²) in [5, 5.41) is 18.8. The lowest BCUT2D eigenvalue weighted by Crippen LogP contribution is -1.97. The largest absolute Gasteiger partial charge is 0.507 e. The van der Waals surface area contributed by atoms with Crippen molar-refractivity contribution in [2.24, 2.45) is 0 Å². The number of phenolic OH excluding ortho intramolecular Hbond substituents is 1. The predicted molar refractivity (Wildman–Crippen MR) is 83.5 cm³/mol. The van der Waals surface area contributed by atoms with Crippen LogP contribution in [0, 0.1) is 0 Å².